The summed E-state index contributed by atoms with van der Waals surface area (Å²) in [6, 6.07) is 12.0. The van der Waals surface area contributed by atoms with Gasteiger partial charge >= 0.3 is 5.97 Å². The fourth-order valence-corrected chi connectivity index (χ4v) is 6.29. The standard InChI is InChI=1S/C28H33ClN4O3S/c1-17-12-21(17)28(2,3)27(35)36-16-33(11-9-30-26-20-6-4-5-7-24(20)37-32-26)10-8-18-13-19-14-25(34)31-23(19)15-22(18)29/h4-7,13,15,17,21H,8-12,14,16H2,1-3H3,(H,30,32)(H,31,34)/p+1. The Morgan fingerprint density at radius 3 is 2.86 bits per heavy atom. The number of halogens is 1. The number of fused-ring (bicyclic) bond motifs is 2. The van der Waals surface area contributed by atoms with Crippen LogP contribution in [0.1, 0.15) is 38.3 Å². The maximum absolute atomic E-state index is 13.0. The topological polar surface area (TPSA) is 84.8 Å². The average Bonchev–Trinajstić information content (AvgIpc) is 3.32. The Hall–Kier alpha value is -2.68. The highest BCUT2D eigenvalue weighted by Gasteiger charge is 2.50. The molecule has 3 unspecified atom stereocenters. The molecule has 1 aromatic heterocycles. The van der Waals surface area contributed by atoms with Crippen LogP contribution in [0.25, 0.3) is 10.1 Å². The van der Waals surface area contributed by atoms with Gasteiger partial charge in [0.15, 0.2) is 0 Å². The highest BCUT2D eigenvalue weighted by Crippen LogP contribution is 2.51. The van der Waals surface area contributed by atoms with Crippen LogP contribution >= 0.6 is 23.1 Å². The van der Waals surface area contributed by atoms with Crippen molar-refractivity contribution in [2.45, 2.75) is 40.0 Å². The first-order chi connectivity index (χ1) is 17.7. The second-order valence-electron chi connectivity index (χ2n) is 10.9. The molecule has 3 N–H and O–H groups in total. The fraction of sp³-hybridized carbons (Fsp3) is 0.464. The van der Waals surface area contributed by atoms with Crippen molar-refractivity contribution in [2.75, 3.05) is 37.0 Å². The molecule has 7 nitrogen and oxygen atoms in total. The molecule has 196 valence electrons. The molecule has 1 aliphatic heterocycles. The second-order valence-corrected chi connectivity index (χ2v) is 12.1. The lowest BCUT2D eigenvalue weighted by Gasteiger charge is -2.25. The molecule has 37 heavy (non-hydrogen) atoms. The lowest BCUT2D eigenvalue weighted by molar-refractivity contribution is -0.915. The zero-order valence-electron chi connectivity index (χ0n) is 21.5. The lowest BCUT2D eigenvalue weighted by Crippen LogP contribution is -3.13. The zero-order chi connectivity index (χ0) is 26.2. The first-order valence-corrected chi connectivity index (χ1v) is 14.1. The highest BCUT2D eigenvalue weighted by molar-refractivity contribution is 7.13. The smallest absolute Gasteiger partial charge is 0.316 e. The largest absolute Gasteiger partial charge is 0.415 e. The van der Waals surface area contributed by atoms with Gasteiger partial charge in [0.2, 0.25) is 12.6 Å². The van der Waals surface area contributed by atoms with E-state index in [4.69, 9.17) is 16.3 Å². The first-order valence-electron chi connectivity index (χ1n) is 12.9. The first kappa shape index (κ1) is 25.9. The lowest BCUT2D eigenvalue weighted by atomic mass is 9.86. The predicted octanol–water partition coefficient (Wildman–Crippen LogP) is 4.17. The summed E-state index contributed by atoms with van der Waals surface area (Å²) in [6.07, 6.45) is 2.18. The molecule has 1 amide bonds. The molecule has 5 rings (SSSR count). The second kappa shape index (κ2) is 10.6. The van der Waals surface area contributed by atoms with Crippen LogP contribution in [0.2, 0.25) is 5.02 Å². The normalized spacial score (nSPS) is 19.4. The van der Waals surface area contributed by atoms with Crippen LogP contribution in [-0.4, -0.2) is 42.6 Å². The van der Waals surface area contributed by atoms with Crippen molar-refractivity contribution >= 4 is 56.6 Å². The molecule has 1 fully saturated rings. The fourth-order valence-electron chi connectivity index (χ4n) is 5.28. The summed E-state index contributed by atoms with van der Waals surface area (Å²) in [4.78, 5) is 25.9. The molecule has 1 saturated carbocycles. The third-order valence-corrected chi connectivity index (χ3v) is 8.94. The van der Waals surface area contributed by atoms with E-state index in [1.165, 1.54) is 11.5 Å². The van der Waals surface area contributed by atoms with Gasteiger partial charge in [-0.3, -0.25) is 9.59 Å². The van der Waals surface area contributed by atoms with Crippen molar-refractivity contribution < 1.29 is 19.2 Å². The minimum Gasteiger partial charge on any atom is -0.415 e. The molecular formula is C28H34ClN4O3S+. The zero-order valence-corrected chi connectivity index (χ0v) is 23.1. The van der Waals surface area contributed by atoms with E-state index in [9.17, 15) is 9.59 Å². The number of quaternary nitrogens is 1. The van der Waals surface area contributed by atoms with Gasteiger partial charge in [0, 0.05) is 22.5 Å². The molecule has 3 aromatic rings. The summed E-state index contributed by atoms with van der Waals surface area (Å²) in [5.74, 6) is 1.73. The highest BCUT2D eigenvalue weighted by atomic mass is 35.5. The number of hydrogen-bond acceptors (Lipinski definition) is 6. The summed E-state index contributed by atoms with van der Waals surface area (Å²) >= 11 is 8.03. The number of carbonyl (C=O) groups excluding carboxylic acids is 2. The van der Waals surface area contributed by atoms with Gasteiger partial charge in [-0.05, 0) is 73.0 Å². The maximum Gasteiger partial charge on any atom is 0.316 e. The Kier molecular flexibility index (Phi) is 7.43. The van der Waals surface area contributed by atoms with Gasteiger partial charge in [-0.2, -0.15) is 4.37 Å². The summed E-state index contributed by atoms with van der Waals surface area (Å²) in [7, 11) is 0. The van der Waals surface area contributed by atoms with Crippen LogP contribution in [0, 0.1) is 17.3 Å². The third-order valence-electron chi connectivity index (χ3n) is 7.76. The quantitative estimate of drug-likeness (QED) is 0.251. The minimum absolute atomic E-state index is 0.00406. The van der Waals surface area contributed by atoms with Crippen LogP contribution in [0.15, 0.2) is 36.4 Å². The van der Waals surface area contributed by atoms with Gasteiger partial charge in [0.25, 0.3) is 0 Å². The molecule has 9 heteroatoms. The number of nitrogens with zero attached hydrogens (tertiary/aromatic N) is 1. The molecule has 1 aliphatic carbocycles. The monoisotopic (exact) mass is 541 g/mol. The number of aromatic nitrogens is 1. The number of amides is 1. The SMILES string of the molecule is CC1CC1C(C)(C)C(=O)OC[NH+](CCNc1nsc2ccccc12)CCc1cc2c(cc1Cl)NC(=O)C2. The molecule has 2 aromatic carbocycles. The Bertz CT molecular complexity index is 1320. The van der Waals surface area contributed by atoms with Gasteiger partial charge in [0.1, 0.15) is 5.82 Å². The van der Waals surface area contributed by atoms with Crippen LogP contribution < -0.4 is 15.5 Å². The van der Waals surface area contributed by atoms with Crippen LogP contribution in [-0.2, 0) is 27.2 Å². The predicted molar refractivity (Wildman–Crippen MR) is 148 cm³/mol. The van der Waals surface area contributed by atoms with E-state index >= 15 is 0 Å². The van der Waals surface area contributed by atoms with E-state index in [1.54, 1.807) is 0 Å². The molecule has 0 saturated heterocycles. The van der Waals surface area contributed by atoms with Gasteiger partial charge in [-0.15, -0.1) is 0 Å². The van der Waals surface area contributed by atoms with Crippen molar-refractivity contribution in [2.24, 2.45) is 17.3 Å². The van der Waals surface area contributed by atoms with E-state index < -0.39 is 5.41 Å². The van der Waals surface area contributed by atoms with Gasteiger partial charge in [-0.1, -0.05) is 36.7 Å². The number of carbonyl (C=O) groups is 2. The number of hydrogen-bond donors (Lipinski definition) is 3. The number of anilines is 2. The van der Waals surface area contributed by atoms with E-state index in [-0.39, 0.29) is 11.9 Å². The Morgan fingerprint density at radius 2 is 2.08 bits per heavy atom. The molecule has 2 aliphatic rings. The molecule has 0 bridgehead atoms. The van der Waals surface area contributed by atoms with E-state index in [0.717, 1.165) is 63.5 Å². The van der Waals surface area contributed by atoms with Crippen LogP contribution in [0.4, 0.5) is 11.5 Å². The van der Waals surface area contributed by atoms with Crippen LogP contribution in [0.3, 0.4) is 0 Å². The number of esters is 1. The Labute approximate surface area is 226 Å². The summed E-state index contributed by atoms with van der Waals surface area (Å²) in [5.41, 5.74) is 2.32. The molecule has 0 radical (unpaired) electrons. The minimum atomic E-state index is -0.467. The van der Waals surface area contributed by atoms with Crippen molar-refractivity contribution in [1.82, 2.24) is 4.37 Å². The van der Waals surface area contributed by atoms with Crippen molar-refractivity contribution in [1.29, 1.82) is 0 Å². The van der Waals surface area contributed by atoms with Gasteiger partial charge in [-0.25, -0.2) is 0 Å². The number of ether oxygens (including phenoxy) is 1. The third kappa shape index (κ3) is 5.76. The molecule has 3 atom stereocenters. The van der Waals surface area contributed by atoms with Crippen LogP contribution in [0.5, 0.6) is 0 Å². The Morgan fingerprint density at radius 1 is 1.30 bits per heavy atom. The van der Waals surface area contributed by atoms with Gasteiger partial charge < -0.3 is 20.3 Å². The van der Waals surface area contributed by atoms with Gasteiger partial charge in [0.05, 0.1) is 36.2 Å². The summed E-state index contributed by atoms with van der Waals surface area (Å²) in [5, 5.41) is 8.08. The van der Waals surface area contributed by atoms with Crippen molar-refractivity contribution in [3.05, 3.63) is 52.5 Å². The number of rotatable bonds is 11. The maximum atomic E-state index is 13.0. The van der Waals surface area contributed by atoms with E-state index in [1.807, 2.05) is 38.1 Å². The summed E-state index contributed by atoms with van der Waals surface area (Å²) in [6.45, 7) is 8.67. The molecular weight excluding hydrogens is 508 g/mol. The van der Waals surface area contributed by atoms with E-state index in [0.29, 0.717) is 36.6 Å². The summed E-state index contributed by atoms with van der Waals surface area (Å²) < 4.78 is 11.6. The van der Waals surface area contributed by atoms with Crippen molar-refractivity contribution in [3.63, 3.8) is 0 Å². The number of benzene rings is 2. The Balaban J connectivity index is 1.23. The number of nitrogens with one attached hydrogen (secondary N) is 3. The molecule has 2 heterocycles. The van der Waals surface area contributed by atoms with Crippen molar-refractivity contribution in [3.8, 4) is 0 Å². The average molecular weight is 542 g/mol. The van der Waals surface area contributed by atoms with E-state index in [2.05, 4.69) is 34.1 Å². The molecule has 0 spiro atoms.